The van der Waals surface area contributed by atoms with Crippen LogP contribution in [0.4, 0.5) is 0 Å². The average Bonchev–Trinajstić information content (AvgIpc) is 3.70. The summed E-state index contributed by atoms with van der Waals surface area (Å²) in [4.78, 5) is 36.7. The molecule has 0 saturated heterocycles. The molecule has 2 unspecified atom stereocenters. The van der Waals surface area contributed by atoms with E-state index in [1.807, 2.05) is 127 Å². The van der Waals surface area contributed by atoms with Crippen molar-refractivity contribution < 1.29 is 29.0 Å². The Morgan fingerprint density at radius 3 is 1.75 bits per heavy atom. The first kappa shape index (κ1) is 48.1. The largest absolute Gasteiger partial charge is 0.452 e. The number of aliphatic hydroxyl groups is 1. The highest BCUT2D eigenvalue weighted by atomic mass is 16.5. The number of amides is 2. The van der Waals surface area contributed by atoms with Gasteiger partial charge in [0.1, 0.15) is 6.10 Å². The lowest BCUT2D eigenvalue weighted by Crippen LogP contribution is -2.40. The van der Waals surface area contributed by atoms with Crippen molar-refractivity contribution in [2.75, 3.05) is 20.2 Å². The molecular weight excluding hydrogens is 703 g/mol. The zero-order valence-corrected chi connectivity index (χ0v) is 33.2. The summed E-state index contributed by atoms with van der Waals surface area (Å²) in [5, 5.41) is 18.5. The first-order valence-corrected chi connectivity index (χ1v) is 18.6. The number of esters is 1. The summed E-state index contributed by atoms with van der Waals surface area (Å²) >= 11 is 0. The Labute approximate surface area is 334 Å². The third-order valence-electron chi connectivity index (χ3n) is 7.47. The molecule has 0 heterocycles. The van der Waals surface area contributed by atoms with Crippen LogP contribution in [0.5, 0.6) is 0 Å². The van der Waals surface area contributed by atoms with Crippen LogP contribution in [0.15, 0.2) is 152 Å². The maximum atomic E-state index is 12.5. The SMILES string of the molecule is C#C.C=CNCC(=O)NC1=CCC(C(O)C(=O)NCCC(=O)OC(c2ccccc2)c2ccccc2)C1.CC(C)C.COCc1ccccc1.c1ccccc1. The van der Waals surface area contributed by atoms with E-state index in [9.17, 15) is 19.5 Å². The Balaban J connectivity index is 0.000000602. The van der Waals surface area contributed by atoms with Crippen LogP contribution in [-0.2, 0) is 30.5 Å². The summed E-state index contributed by atoms with van der Waals surface area (Å²) in [5.41, 5.74) is 3.60. The predicted octanol–water partition coefficient (Wildman–Crippen LogP) is 7.76. The van der Waals surface area contributed by atoms with Gasteiger partial charge in [0.25, 0.3) is 0 Å². The normalized spacial score (nSPS) is 12.8. The van der Waals surface area contributed by atoms with Crippen LogP contribution in [0.3, 0.4) is 0 Å². The minimum atomic E-state index is -1.25. The summed E-state index contributed by atoms with van der Waals surface area (Å²) in [6, 6.07) is 41.0. The molecule has 0 radical (unpaired) electrons. The van der Waals surface area contributed by atoms with Gasteiger partial charge in [0.2, 0.25) is 11.8 Å². The van der Waals surface area contributed by atoms with Crippen LogP contribution in [-0.4, -0.2) is 49.2 Å². The van der Waals surface area contributed by atoms with Gasteiger partial charge < -0.3 is 30.5 Å². The van der Waals surface area contributed by atoms with Gasteiger partial charge >= 0.3 is 5.97 Å². The third-order valence-corrected chi connectivity index (χ3v) is 7.47. The Bertz CT molecular complexity index is 1610. The number of carbonyl (C=O) groups is 3. The lowest BCUT2D eigenvalue weighted by molar-refractivity contribution is -0.147. The van der Waals surface area contributed by atoms with E-state index >= 15 is 0 Å². The molecule has 298 valence electrons. The number of terminal acetylenes is 1. The standard InChI is InChI=1S/C27H31N3O5.C8H10O.C6H6.C4H10.C2H2/c1-2-28-18-23(31)30-22-14-13-21(17-22)25(33)27(34)29-16-15-24(32)35-26(19-9-5-3-6-10-19)20-11-7-4-8-12-20;1-9-7-8-5-3-2-4-6-8;1-2-4-6-5-3-1;1-4(2)3;1-2/h2-12,14,21,25-26,28,33H,1,13,15-18H2,(H,29,34)(H,30,31);2-6H,7H2,1H3;1-6H;4H,1-3H3;1-2H. The first-order chi connectivity index (χ1) is 27.1. The highest BCUT2D eigenvalue weighted by Crippen LogP contribution is 2.27. The van der Waals surface area contributed by atoms with Gasteiger partial charge in [-0.1, -0.05) is 161 Å². The molecule has 1 aliphatic rings. The second kappa shape index (κ2) is 30.4. The lowest BCUT2D eigenvalue weighted by Gasteiger charge is -2.20. The van der Waals surface area contributed by atoms with Crippen LogP contribution < -0.4 is 16.0 Å². The summed E-state index contributed by atoms with van der Waals surface area (Å²) in [6.45, 7) is 10.8. The van der Waals surface area contributed by atoms with Crippen molar-refractivity contribution in [1.29, 1.82) is 0 Å². The molecule has 56 heavy (non-hydrogen) atoms. The number of aliphatic hydroxyl groups excluding tert-OH is 1. The molecule has 9 heteroatoms. The third kappa shape index (κ3) is 21.7. The molecule has 9 nitrogen and oxygen atoms in total. The van der Waals surface area contributed by atoms with Crippen LogP contribution in [0.2, 0.25) is 0 Å². The number of allylic oxidation sites excluding steroid dienone is 2. The Kier molecular flexibility index (Phi) is 26.1. The van der Waals surface area contributed by atoms with Gasteiger partial charge in [0.05, 0.1) is 19.6 Å². The van der Waals surface area contributed by atoms with E-state index < -0.39 is 24.1 Å². The number of benzene rings is 4. The fourth-order valence-electron chi connectivity index (χ4n) is 4.98. The van der Waals surface area contributed by atoms with E-state index in [0.29, 0.717) is 25.1 Å². The molecule has 2 atom stereocenters. The zero-order valence-electron chi connectivity index (χ0n) is 33.2. The lowest BCUT2D eigenvalue weighted by atomic mass is 9.99. The van der Waals surface area contributed by atoms with Crippen molar-refractivity contribution in [3.8, 4) is 12.8 Å². The van der Waals surface area contributed by atoms with Crippen molar-refractivity contribution >= 4 is 17.8 Å². The molecule has 2 amide bonds. The van der Waals surface area contributed by atoms with Crippen LogP contribution in [0.25, 0.3) is 0 Å². The zero-order chi connectivity index (χ0) is 41.4. The van der Waals surface area contributed by atoms with Gasteiger partial charge in [-0.25, -0.2) is 0 Å². The van der Waals surface area contributed by atoms with Gasteiger partial charge in [-0.05, 0) is 41.6 Å². The second-order valence-electron chi connectivity index (χ2n) is 13.0. The number of hydrogen-bond donors (Lipinski definition) is 4. The Hall–Kier alpha value is -5.95. The van der Waals surface area contributed by atoms with Crippen molar-refractivity contribution in [1.82, 2.24) is 16.0 Å². The fraction of sp³-hybridized carbons (Fsp3) is 0.298. The number of methoxy groups -OCH3 is 1. The maximum absolute atomic E-state index is 12.5. The monoisotopic (exact) mass is 761 g/mol. The Morgan fingerprint density at radius 2 is 1.29 bits per heavy atom. The average molecular weight is 762 g/mol. The van der Waals surface area contributed by atoms with E-state index in [-0.39, 0.29) is 31.3 Å². The molecule has 0 fully saturated rings. The van der Waals surface area contributed by atoms with E-state index in [1.165, 1.54) is 11.8 Å². The molecule has 4 aromatic carbocycles. The van der Waals surface area contributed by atoms with Crippen molar-refractivity contribution in [3.05, 3.63) is 169 Å². The molecule has 4 aromatic rings. The van der Waals surface area contributed by atoms with Gasteiger partial charge in [0, 0.05) is 25.3 Å². The summed E-state index contributed by atoms with van der Waals surface area (Å²) < 4.78 is 10.7. The van der Waals surface area contributed by atoms with E-state index in [1.54, 1.807) is 13.2 Å². The van der Waals surface area contributed by atoms with E-state index in [4.69, 9.17) is 9.47 Å². The molecule has 0 spiro atoms. The Morgan fingerprint density at radius 1 is 0.821 bits per heavy atom. The number of hydrogen-bond acceptors (Lipinski definition) is 7. The van der Waals surface area contributed by atoms with Gasteiger partial charge in [-0.2, -0.15) is 0 Å². The number of nitrogens with one attached hydrogen (secondary N) is 3. The van der Waals surface area contributed by atoms with Gasteiger partial charge in [-0.3, -0.25) is 14.4 Å². The molecule has 4 N–H and O–H groups in total. The topological polar surface area (TPSA) is 126 Å². The first-order valence-electron chi connectivity index (χ1n) is 18.6. The van der Waals surface area contributed by atoms with Gasteiger partial charge in [-0.15, -0.1) is 12.8 Å². The van der Waals surface area contributed by atoms with Crippen LogP contribution >= 0.6 is 0 Å². The quantitative estimate of drug-likeness (QED) is 0.0765. The minimum Gasteiger partial charge on any atom is -0.452 e. The molecule has 1 aliphatic carbocycles. The minimum absolute atomic E-state index is 0.0326. The molecule has 0 aromatic heterocycles. The summed E-state index contributed by atoms with van der Waals surface area (Å²) in [6.07, 6.45) is 10.3. The number of rotatable bonds is 14. The number of carbonyl (C=O) groups excluding carboxylic acids is 3. The van der Waals surface area contributed by atoms with E-state index in [0.717, 1.165) is 17.0 Å². The van der Waals surface area contributed by atoms with Crippen LogP contribution in [0, 0.1) is 24.7 Å². The molecule has 5 rings (SSSR count). The van der Waals surface area contributed by atoms with Crippen molar-refractivity contribution in [3.63, 3.8) is 0 Å². The van der Waals surface area contributed by atoms with Gasteiger partial charge in [0.15, 0.2) is 6.10 Å². The molecule has 0 bridgehead atoms. The fourth-order valence-corrected chi connectivity index (χ4v) is 4.98. The van der Waals surface area contributed by atoms with Crippen molar-refractivity contribution in [2.45, 2.75) is 58.8 Å². The highest BCUT2D eigenvalue weighted by molar-refractivity contribution is 5.82. The smallest absolute Gasteiger partial charge is 0.308 e. The van der Waals surface area contributed by atoms with Crippen LogP contribution in [0.1, 0.15) is 62.8 Å². The predicted molar refractivity (Wildman–Crippen MR) is 226 cm³/mol. The summed E-state index contributed by atoms with van der Waals surface area (Å²) in [5.74, 6) is -0.748. The molecule has 0 aliphatic heterocycles. The number of ether oxygens (including phenoxy) is 2. The second-order valence-corrected chi connectivity index (χ2v) is 13.0. The summed E-state index contributed by atoms with van der Waals surface area (Å²) in [7, 11) is 1.70. The maximum Gasteiger partial charge on any atom is 0.308 e. The molecule has 0 saturated carbocycles. The van der Waals surface area contributed by atoms with E-state index in [2.05, 4.69) is 56.1 Å². The molecular formula is C47H59N3O6. The van der Waals surface area contributed by atoms with Crippen molar-refractivity contribution in [2.24, 2.45) is 11.8 Å². The highest BCUT2D eigenvalue weighted by Gasteiger charge is 2.30.